The second kappa shape index (κ2) is 9.98. The van der Waals surface area contributed by atoms with Gasteiger partial charge in [0.25, 0.3) is 0 Å². The number of ether oxygens (including phenoxy) is 1. The van der Waals surface area contributed by atoms with Gasteiger partial charge in [0.2, 0.25) is 0 Å². The normalized spacial score (nSPS) is 14.2. The predicted octanol–water partition coefficient (Wildman–Crippen LogP) is 2.86. The van der Waals surface area contributed by atoms with Crippen LogP contribution in [0.3, 0.4) is 0 Å². The van der Waals surface area contributed by atoms with Crippen molar-refractivity contribution in [1.82, 2.24) is 5.32 Å². The number of rotatable bonds is 10. The summed E-state index contributed by atoms with van der Waals surface area (Å²) in [6.07, 6.45) is 1.42. The quantitative estimate of drug-likeness (QED) is 0.469. The topological polar surface area (TPSA) is 102 Å². The maximum absolute atomic E-state index is 11.5. The van der Waals surface area contributed by atoms with Crippen molar-refractivity contribution in [1.29, 1.82) is 0 Å². The number of hydrogen-bond acceptors (Lipinski definition) is 5. The van der Waals surface area contributed by atoms with Gasteiger partial charge in [0.1, 0.15) is 17.5 Å². The minimum atomic E-state index is -3.77. The van der Waals surface area contributed by atoms with Crippen molar-refractivity contribution in [2.75, 3.05) is 19.3 Å². The molecule has 0 saturated heterocycles. The first-order valence-corrected chi connectivity index (χ1v) is 9.27. The summed E-state index contributed by atoms with van der Waals surface area (Å²) in [6.45, 7) is 7.56. The monoisotopic (exact) mass is 337 g/mol. The molecule has 1 atom stereocenters. The van der Waals surface area contributed by atoms with Gasteiger partial charge in [-0.3, -0.25) is 9.36 Å². The fraction of sp³-hybridized carbons (Fsp3) is 0.857. The highest BCUT2D eigenvalue weighted by atomic mass is 31.2. The van der Waals surface area contributed by atoms with E-state index in [1.54, 1.807) is 27.7 Å². The summed E-state index contributed by atoms with van der Waals surface area (Å²) in [7, 11) is -3.77. The fourth-order valence-electron chi connectivity index (χ4n) is 1.68. The third-order valence-corrected chi connectivity index (χ3v) is 3.92. The molecule has 0 aliphatic heterocycles. The van der Waals surface area contributed by atoms with Crippen LogP contribution in [0.25, 0.3) is 0 Å². The van der Waals surface area contributed by atoms with E-state index in [2.05, 4.69) is 9.84 Å². The van der Waals surface area contributed by atoms with Crippen LogP contribution in [0, 0.1) is 0 Å². The van der Waals surface area contributed by atoms with Gasteiger partial charge in [0, 0.05) is 13.0 Å². The number of hydrogen-bond donors (Lipinski definition) is 2. The Morgan fingerprint density at radius 1 is 1.18 bits per heavy atom. The van der Waals surface area contributed by atoms with Crippen LogP contribution < -0.4 is 5.32 Å². The van der Waals surface area contributed by atoms with Crippen molar-refractivity contribution >= 4 is 19.5 Å². The number of carbonyl (C=O) groups is 2. The largest absolute Gasteiger partial charge is 0.444 e. The average molecular weight is 337 g/mol. The molecule has 0 aromatic heterocycles. The molecule has 2 N–H and O–H groups in total. The number of carbonyl (C=O) groups excluding carboxylic acids is 2. The molecule has 1 amide bonds. The molecule has 7 nitrogen and oxygen atoms in total. The SMILES string of the molecule is CCOP(=O)(O)CC(=O)CCCCCNC(=O)OC(C)(C)C. The first-order valence-electron chi connectivity index (χ1n) is 7.50. The van der Waals surface area contributed by atoms with Crippen LogP contribution >= 0.6 is 7.60 Å². The lowest BCUT2D eigenvalue weighted by Crippen LogP contribution is -2.32. The minimum Gasteiger partial charge on any atom is -0.444 e. The summed E-state index contributed by atoms with van der Waals surface area (Å²) in [6, 6.07) is 0. The van der Waals surface area contributed by atoms with Crippen molar-refractivity contribution in [3.8, 4) is 0 Å². The van der Waals surface area contributed by atoms with Crippen molar-refractivity contribution in [2.45, 2.75) is 59.0 Å². The Hall–Kier alpha value is -0.910. The van der Waals surface area contributed by atoms with Crippen LogP contribution in [0.5, 0.6) is 0 Å². The molecule has 0 aliphatic rings. The first kappa shape index (κ1) is 21.1. The molecule has 1 unspecified atom stereocenters. The van der Waals surface area contributed by atoms with Gasteiger partial charge in [-0.15, -0.1) is 0 Å². The maximum Gasteiger partial charge on any atom is 0.407 e. The first-order chi connectivity index (χ1) is 10.1. The summed E-state index contributed by atoms with van der Waals surface area (Å²) < 4.78 is 21.1. The molecular weight excluding hydrogens is 309 g/mol. The zero-order valence-electron chi connectivity index (χ0n) is 13.9. The molecule has 130 valence electrons. The van der Waals surface area contributed by atoms with E-state index in [0.717, 1.165) is 12.8 Å². The molecule has 0 spiro atoms. The van der Waals surface area contributed by atoms with Crippen LogP contribution in [-0.4, -0.2) is 41.7 Å². The number of unbranched alkanes of at least 4 members (excludes halogenated alkanes) is 2. The third kappa shape index (κ3) is 12.8. The highest BCUT2D eigenvalue weighted by Crippen LogP contribution is 2.41. The Bertz CT molecular complexity index is 405. The number of nitrogens with one attached hydrogen (secondary N) is 1. The highest BCUT2D eigenvalue weighted by molar-refractivity contribution is 7.53. The van der Waals surface area contributed by atoms with Crippen molar-refractivity contribution in [3.63, 3.8) is 0 Å². The van der Waals surface area contributed by atoms with Crippen molar-refractivity contribution < 1.29 is 28.3 Å². The molecule has 0 rings (SSSR count). The smallest absolute Gasteiger partial charge is 0.407 e. The van der Waals surface area contributed by atoms with E-state index in [9.17, 15) is 19.0 Å². The van der Waals surface area contributed by atoms with Gasteiger partial charge in [-0.1, -0.05) is 6.42 Å². The van der Waals surface area contributed by atoms with Crippen molar-refractivity contribution in [3.05, 3.63) is 0 Å². The second-order valence-corrected chi connectivity index (χ2v) is 7.84. The predicted molar refractivity (Wildman–Crippen MR) is 84.0 cm³/mol. The van der Waals surface area contributed by atoms with E-state index >= 15 is 0 Å². The lowest BCUT2D eigenvalue weighted by Gasteiger charge is -2.19. The van der Waals surface area contributed by atoms with Crippen LogP contribution in [0.1, 0.15) is 53.4 Å². The molecule has 0 radical (unpaired) electrons. The Morgan fingerprint density at radius 3 is 2.36 bits per heavy atom. The molecule has 8 heteroatoms. The number of ketones is 1. The highest BCUT2D eigenvalue weighted by Gasteiger charge is 2.22. The Kier molecular flexibility index (Phi) is 9.56. The van der Waals surface area contributed by atoms with Crippen LogP contribution in [0.2, 0.25) is 0 Å². The van der Waals surface area contributed by atoms with Gasteiger partial charge in [0.05, 0.1) is 6.61 Å². The number of amides is 1. The van der Waals surface area contributed by atoms with Crippen LogP contribution in [0.15, 0.2) is 0 Å². The van der Waals surface area contributed by atoms with Gasteiger partial charge in [-0.2, -0.15) is 0 Å². The summed E-state index contributed by atoms with van der Waals surface area (Å²) in [5, 5.41) is 2.63. The van der Waals surface area contributed by atoms with Gasteiger partial charge < -0.3 is 19.5 Å². The standard InChI is InChI=1S/C14H28NO6P/c1-5-20-22(18,19)11-12(16)9-7-6-8-10-15-13(17)21-14(2,3)4/h5-11H2,1-4H3,(H,15,17)(H,18,19). The molecule has 0 bridgehead atoms. The fourth-order valence-corrected chi connectivity index (χ4v) is 2.78. The molecule has 0 saturated carbocycles. The summed E-state index contributed by atoms with van der Waals surface area (Å²) in [4.78, 5) is 32.2. The molecule has 22 heavy (non-hydrogen) atoms. The Balaban J connectivity index is 3.67. The summed E-state index contributed by atoms with van der Waals surface area (Å²) >= 11 is 0. The molecule has 0 aromatic carbocycles. The van der Waals surface area contributed by atoms with Gasteiger partial charge in [0.15, 0.2) is 0 Å². The van der Waals surface area contributed by atoms with Crippen LogP contribution in [-0.2, 0) is 18.6 Å². The molecule has 0 fully saturated rings. The Labute approximate surface area is 132 Å². The van der Waals surface area contributed by atoms with E-state index in [-0.39, 0.29) is 18.8 Å². The van der Waals surface area contributed by atoms with E-state index < -0.39 is 25.5 Å². The lowest BCUT2D eigenvalue weighted by molar-refractivity contribution is -0.117. The third-order valence-electron chi connectivity index (χ3n) is 2.51. The number of Topliss-reactive ketones (excluding diaryl/α,β-unsaturated/α-hetero) is 1. The van der Waals surface area contributed by atoms with E-state index in [4.69, 9.17) is 4.74 Å². The summed E-state index contributed by atoms with van der Waals surface area (Å²) in [5.41, 5.74) is -0.519. The second-order valence-electron chi connectivity index (χ2n) is 5.99. The van der Waals surface area contributed by atoms with Crippen LogP contribution in [0.4, 0.5) is 4.79 Å². The van der Waals surface area contributed by atoms with Gasteiger partial charge in [-0.05, 0) is 40.5 Å². The van der Waals surface area contributed by atoms with Gasteiger partial charge >= 0.3 is 13.7 Å². The zero-order valence-corrected chi connectivity index (χ0v) is 14.8. The van der Waals surface area contributed by atoms with Crippen molar-refractivity contribution in [2.24, 2.45) is 0 Å². The Morgan fingerprint density at radius 2 is 1.82 bits per heavy atom. The number of alkyl carbamates (subject to hydrolysis) is 1. The summed E-state index contributed by atoms with van der Waals surface area (Å²) in [5.74, 6) is -0.278. The van der Waals surface area contributed by atoms with E-state index in [1.807, 2.05) is 0 Å². The molecular formula is C14H28NO6P. The van der Waals surface area contributed by atoms with E-state index in [1.165, 1.54) is 0 Å². The lowest BCUT2D eigenvalue weighted by atomic mass is 10.1. The molecule has 0 aromatic rings. The zero-order chi connectivity index (χ0) is 17.2. The van der Waals surface area contributed by atoms with Gasteiger partial charge in [-0.25, -0.2) is 4.79 Å². The average Bonchev–Trinajstić information content (AvgIpc) is 2.30. The molecule has 0 aliphatic carbocycles. The van der Waals surface area contributed by atoms with E-state index in [0.29, 0.717) is 13.0 Å². The molecule has 0 heterocycles. The maximum atomic E-state index is 11.5. The minimum absolute atomic E-state index is 0.109.